The Morgan fingerprint density at radius 3 is 2.24 bits per heavy atom. The van der Waals surface area contributed by atoms with E-state index in [1.807, 2.05) is 0 Å². The molecule has 124 valence electrons. The number of rotatable bonds is 9. The second-order valence-corrected chi connectivity index (χ2v) is 8.23. The van der Waals surface area contributed by atoms with Crippen molar-refractivity contribution < 1.29 is 0 Å². The van der Waals surface area contributed by atoms with E-state index in [4.69, 9.17) is 0 Å². The first kappa shape index (κ1) is 17.2. The van der Waals surface area contributed by atoms with Gasteiger partial charge in [-0.25, -0.2) is 0 Å². The molecular formula is C18H37N3. The number of hydrogen-bond acceptors (Lipinski definition) is 3. The van der Waals surface area contributed by atoms with E-state index in [1.165, 1.54) is 71.1 Å². The second-order valence-electron chi connectivity index (χ2n) is 8.23. The first-order chi connectivity index (χ1) is 9.99. The van der Waals surface area contributed by atoms with Crippen molar-refractivity contribution in [3.05, 3.63) is 0 Å². The van der Waals surface area contributed by atoms with Crippen LogP contribution in [0, 0.1) is 11.3 Å². The zero-order valence-electron chi connectivity index (χ0n) is 14.8. The lowest BCUT2D eigenvalue weighted by atomic mass is 9.70. The van der Waals surface area contributed by atoms with Crippen LogP contribution in [0.2, 0.25) is 0 Å². The van der Waals surface area contributed by atoms with Gasteiger partial charge in [-0.05, 0) is 77.7 Å². The van der Waals surface area contributed by atoms with Crippen LogP contribution < -0.4 is 5.32 Å². The summed E-state index contributed by atoms with van der Waals surface area (Å²) in [5.74, 6) is 0.943. The molecule has 0 aliphatic heterocycles. The Bertz CT molecular complexity index is 291. The molecule has 0 aromatic heterocycles. The van der Waals surface area contributed by atoms with Gasteiger partial charge in [-0.15, -0.1) is 0 Å². The van der Waals surface area contributed by atoms with Crippen LogP contribution >= 0.6 is 0 Å². The third-order valence-electron chi connectivity index (χ3n) is 5.43. The van der Waals surface area contributed by atoms with E-state index in [-0.39, 0.29) is 0 Å². The largest absolute Gasteiger partial charge is 0.313 e. The van der Waals surface area contributed by atoms with Crippen LogP contribution in [0.5, 0.6) is 0 Å². The van der Waals surface area contributed by atoms with Crippen molar-refractivity contribution in [1.82, 2.24) is 15.1 Å². The minimum Gasteiger partial charge on any atom is -0.313 e. The van der Waals surface area contributed by atoms with Crippen molar-refractivity contribution in [2.24, 2.45) is 11.3 Å². The average Bonchev–Trinajstić information content (AvgIpc) is 3.24. The second kappa shape index (κ2) is 7.94. The lowest BCUT2D eigenvalue weighted by Gasteiger charge is -2.42. The van der Waals surface area contributed by atoms with Gasteiger partial charge in [0.1, 0.15) is 0 Å². The summed E-state index contributed by atoms with van der Waals surface area (Å²) in [6.45, 7) is 7.40. The molecule has 0 aromatic rings. The lowest BCUT2D eigenvalue weighted by Crippen LogP contribution is -2.46. The molecule has 0 spiro atoms. The number of nitrogens with zero attached hydrogens (tertiary/aromatic N) is 2. The molecular weight excluding hydrogens is 258 g/mol. The van der Waals surface area contributed by atoms with Crippen LogP contribution in [-0.2, 0) is 0 Å². The molecule has 2 saturated carbocycles. The molecule has 2 fully saturated rings. The molecule has 0 saturated heterocycles. The van der Waals surface area contributed by atoms with Crippen molar-refractivity contribution >= 4 is 0 Å². The summed E-state index contributed by atoms with van der Waals surface area (Å²) >= 11 is 0. The fraction of sp³-hybridized carbons (Fsp3) is 1.00. The first-order valence-corrected chi connectivity index (χ1v) is 9.06. The van der Waals surface area contributed by atoms with E-state index in [9.17, 15) is 0 Å². The van der Waals surface area contributed by atoms with Gasteiger partial charge in [0.2, 0.25) is 0 Å². The molecule has 2 aliphatic carbocycles. The van der Waals surface area contributed by atoms with Crippen molar-refractivity contribution in [3.8, 4) is 0 Å². The van der Waals surface area contributed by atoms with Gasteiger partial charge in [0.05, 0.1) is 0 Å². The molecule has 0 amide bonds. The summed E-state index contributed by atoms with van der Waals surface area (Å²) in [5.41, 5.74) is 0.544. The minimum atomic E-state index is 0.544. The van der Waals surface area contributed by atoms with Crippen LogP contribution in [0.1, 0.15) is 51.9 Å². The Labute approximate surface area is 132 Å². The fourth-order valence-corrected chi connectivity index (χ4v) is 3.72. The summed E-state index contributed by atoms with van der Waals surface area (Å²) in [6.07, 6.45) is 9.80. The predicted octanol–water partition coefficient (Wildman–Crippen LogP) is 2.82. The maximum Gasteiger partial charge on any atom is 0.00684 e. The van der Waals surface area contributed by atoms with Gasteiger partial charge in [0, 0.05) is 19.1 Å². The zero-order chi connectivity index (χ0) is 15.3. The van der Waals surface area contributed by atoms with Crippen LogP contribution in [0.4, 0.5) is 0 Å². The maximum atomic E-state index is 3.83. The molecule has 0 radical (unpaired) electrons. The van der Waals surface area contributed by atoms with E-state index in [0.717, 1.165) is 12.0 Å². The highest BCUT2D eigenvalue weighted by atomic mass is 15.1. The van der Waals surface area contributed by atoms with E-state index >= 15 is 0 Å². The normalized spacial score (nSPS) is 30.3. The van der Waals surface area contributed by atoms with Crippen LogP contribution in [-0.4, -0.2) is 63.2 Å². The third-order valence-corrected chi connectivity index (χ3v) is 5.43. The highest BCUT2D eigenvalue weighted by Gasteiger charge is 2.36. The van der Waals surface area contributed by atoms with Crippen LogP contribution in [0.3, 0.4) is 0 Å². The molecule has 0 atom stereocenters. The van der Waals surface area contributed by atoms with Gasteiger partial charge in [-0.2, -0.15) is 0 Å². The van der Waals surface area contributed by atoms with Gasteiger partial charge < -0.3 is 15.1 Å². The Kier molecular flexibility index (Phi) is 6.51. The summed E-state index contributed by atoms with van der Waals surface area (Å²) in [7, 11) is 6.67. The zero-order valence-corrected chi connectivity index (χ0v) is 14.8. The fourth-order valence-electron chi connectivity index (χ4n) is 3.72. The summed E-state index contributed by atoms with van der Waals surface area (Å²) in [4.78, 5) is 4.88. The monoisotopic (exact) mass is 295 g/mol. The first-order valence-electron chi connectivity index (χ1n) is 9.06. The standard InChI is InChI=1S/C18H37N3/c1-16-8-10-18(11-9-16,14-19-17-6-7-17)15-21(4)13-5-12-20(2)3/h16-17,19H,5-15H2,1-4H3. The van der Waals surface area contributed by atoms with E-state index in [0.29, 0.717) is 5.41 Å². The van der Waals surface area contributed by atoms with E-state index < -0.39 is 0 Å². The summed E-state index contributed by atoms with van der Waals surface area (Å²) in [5, 5.41) is 3.83. The molecule has 0 unspecified atom stereocenters. The Morgan fingerprint density at radius 1 is 1.00 bits per heavy atom. The molecule has 0 heterocycles. The number of hydrogen-bond donors (Lipinski definition) is 1. The predicted molar refractivity (Wildman–Crippen MR) is 91.8 cm³/mol. The van der Waals surface area contributed by atoms with E-state index in [1.54, 1.807) is 0 Å². The quantitative estimate of drug-likeness (QED) is 0.706. The lowest BCUT2D eigenvalue weighted by molar-refractivity contribution is 0.0969. The highest BCUT2D eigenvalue weighted by Crippen LogP contribution is 2.39. The molecule has 1 N–H and O–H groups in total. The number of nitrogens with one attached hydrogen (secondary N) is 1. The van der Waals surface area contributed by atoms with Gasteiger partial charge in [-0.1, -0.05) is 19.8 Å². The average molecular weight is 296 g/mol. The minimum absolute atomic E-state index is 0.544. The molecule has 21 heavy (non-hydrogen) atoms. The maximum absolute atomic E-state index is 3.83. The Balaban J connectivity index is 1.79. The summed E-state index contributed by atoms with van der Waals surface area (Å²) < 4.78 is 0. The molecule has 0 aromatic carbocycles. The molecule has 2 rings (SSSR count). The van der Waals surface area contributed by atoms with Crippen LogP contribution in [0.25, 0.3) is 0 Å². The van der Waals surface area contributed by atoms with Gasteiger partial charge in [-0.3, -0.25) is 0 Å². The van der Waals surface area contributed by atoms with Crippen molar-refractivity contribution in [2.45, 2.75) is 57.9 Å². The molecule has 3 heteroatoms. The smallest absolute Gasteiger partial charge is 0.00684 e. The Morgan fingerprint density at radius 2 is 1.67 bits per heavy atom. The summed E-state index contributed by atoms with van der Waals surface area (Å²) in [6, 6.07) is 0.847. The van der Waals surface area contributed by atoms with Gasteiger partial charge >= 0.3 is 0 Å². The highest BCUT2D eigenvalue weighted by molar-refractivity contribution is 4.92. The SMILES string of the molecule is CC1CCC(CNC2CC2)(CN(C)CCCN(C)C)CC1. The molecule has 3 nitrogen and oxygen atoms in total. The molecule has 0 bridgehead atoms. The van der Waals surface area contributed by atoms with Crippen LogP contribution in [0.15, 0.2) is 0 Å². The third kappa shape index (κ3) is 6.25. The van der Waals surface area contributed by atoms with Gasteiger partial charge in [0.25, 0.3) is 0 Å². The van der Waals surface area contributed by atoms with Crippen molar-refractivity contribution in [2.75, 3.05) is 47.3 Å². The van der Waals surface area contributed by atoms with Crippen molar-refractivity contribution in [3.63, 3.8) is 0 Å². The Hall–Kier alpha value is -0.120. The topological polar surface area (TPSA) is 18.5 Å². The van der Waals surface area contributed by atoms with Crippen molar-refractivity contribution in [1.29, 1.82) is 0 Å². The van der Waals surface area contributed by atoms with Gasteiger partial charge in [0.15, 0.2) is 0 Å². The van der Waals surface area contributed by atoms with E-state index in [2.05, 4.69) is 43.2 Å². The molecule has 2 aliphatic rings.